The molecule has 0 N–H and O–H groups in total. The van der Waals surface area contributed by atoms with Crippen LogP contribution in [0.4, 0.5) is 0 Å². The van der Waals surface area contributed by atoms with Gasteiger partial charge in [0.05, 0.1) is 0 Å². The highest BCUT2D eigenvalue weighted by Crippen LogP contribution is 2.21. The molecule has 4 rings (SSSR count). The van der Waals surface area contributed by atoms with Gasteiger partial charge >= 0.3 is 0 Å². The standard InChI is InChI=1S/2C12H9Br/c2*13-12-8-6-11(7-9-12)10-4-2-1-3-5-10/h2*1-9H. The molecule has 0 bridgehead atoms. The van der Waals surface area contributed by atoms with Crippen LogP contribution in [0.3, 0.4) is 0 Å². The summed E-state index contributed by atoms with van der Waals surface area (Å²) in [6.45, 7) is 0. The second kappa shape index (κ2) is 9.51. The Morgan fingerprint density at radius 1 is 0.308 bits per heavy atom. The van der Waals surface area contributed by atoms with E-state index in [-0.39, 0.29) is 0 Å². The number of hydrogen-bond donors (Lipinski definition) is 0. The topological polar surface area (TPSA) is 0 Å². The minimum absolute atomic E-state index is 1.12. The molecule has 0 saturated heterocycles. The minimum Gasteiger partial charge on any atom is -0.0622 e. The highest BCUT2D eigenvalue weighted by atomic mass is 79.9. The predicted octanol–water partition coefficient (Wildman–Crippen LogP) is 8.23. The molecule has 0 fully saturated rings. The Bertz CT molecular complexity index is 832. The maximum atomic E-state index is 3.42. The Morgan fingerprint density at radius 2 is 0.577 bits per heavy atom. The zero-order valence-corrected chi connectivity index (χ0v) is 17.3. The minimum atomic E-state index is 1.12. The molecule has 4 aromatic rings. The molecular formula is C24H18Br2. The van der Waals surface area contributed by atoms with Crippen molar-refractivity contribution in [2.24, 2.45) is 0 Å². The van der Waals surface area contributed by atoms with Gasteiger partial charge in [-0.15, -0.1) is 0 Å². The third-order valence-corrected chi connectivity index (χ3v) is 4.96. The van der Waals surface area contributed by atoms with Crippen molar-refractivity contribution >= 4 is 31.9 Å². The van der Waals surface area contributed by atoms with Crippen molar-refractivity contribution in [2.45, 2.75) is 0 Å². The normalized spacial score (nSPS) is 9.92. The smallest absolute Gasteiger partial charge is 0.0175 e. The molecule has 0 aliphatic heterocycles. The van der Waals surface area contributed by atoms with Crippen LogP contribution in [0.1, 0.15) is 0 Å². The van der Waals surface area contributed by atoms with Gasteiger partial charge in [0, 0.05) is 8.95 Å². The highest BCUT2D eigenvalue weighted by molar-refractivity contribution is 9.10. The first-order valence-electron chi connectivity index (χ1n) is 8.34. The Morgan fingerprint density at radius 3 is 0.885 bits per heavy atom. The van der Waals surface area contributed by atoms with E-state index in [4.69, 9.17) is 0 Å². The van der Waals surface area contributed by atoms with Crippen LogP contribution in [0.2, 0.25) is 0 Å². The van der Waals surface area contributed by atoms with Gasteiger partial charge in [-0.1, -0.05) is 117 Å². The van der Waals surface area contributed by atoms with Gasteiger partial charge in [0.25, 0.3) is 0 Å². The lowest BCUT2D eigenvalue weighted by molar-refractivity contribution is 1.59. The first-order chi connectivity index (χ1) is 12.7. The van der Waals surface area contributed by atoms with Crippen LogP contribution in [-0.2, 0) is 0 Å². The number of hydrogen-bond acceptors (Lipinski definition) is 0. The van der Waals surface area contributed by atoms with E-state index in [1.807, 2.05) is 12.1 Å². The van der Waals surface area contributed by atoms with E-state index >= 15 is 0 Å². The van der Waals surface area contributed by atoms with Gasteiger partial charge in [0.1, 0.15) is 0 Å². The first kappa shape index (κ1) is 18.6. The third kappa shape index (κ3) is 5.42. The summed E-state index contributed by atoms with van der Waals surface area (Å²) < 4.78 is 2.24. The molecule has 0 heterocycles. The third-order valence-electron chi connectivity index (χ3n) is 3.90. The van der Waals surface area contributed by atoms with Gasteiger partial charge in [-0.25, -0.2) is 0 Å². The lowest BCUT2D eigenvalue weighted by atomic mass is 10.1. The molecule has 0 saturated carbocycles. The van der Waals surface area contributed by atoms with Gasteiger partial charge in [-0.2, -0.15) is 0 Å². The zero-order chi connectivity index (χ0) is 18.2. The molecule has 0 aromatic heterocycles. The Balaban J connectivity index is 0.000000151. The fraction of sp³-hybridized carbons (Fsp3) is 0. The summed E-state index contributed by atoms with van der Waals surface area (Å²) in [6.07, 6.45) is 0. The van der Waals surface area contributed by atoms with Crippen LogP contribution in [0.15, 0.2) is 118 Å². The van der Waals surface area contributed by atoms with Crippen LogP contribution in [0.5, 0.6) is 0 Å². The van der Waals surface area contributed by atoms with Crippen LogP contribution in [-0.4, -0.2) is 0 Å². The van der Waals surface area contributed by atoms with Crippen molar-refractivity contribution in [2.75, 3.05) is 0 Å². The van der Waals surface area contributed by atoms with E-state index in [9.17, 15) is 0 Å². The van der Waals surface area contributed by atoms with Crippen LogP contribution in [0.25, 0.3) is 22.3 Å². The summed E-state index contributed by atoms with van der Waals surface area (Å²) in [5, 5.41) is 0. The average Bonchev–Trinajstić information content (AvgIpc) is 2.71. The Kier molecular flexibility index (Phi) is 6.82. The molecule has 0 nitrogen and oxygen atoms in total. The molecule has 0 amide bonds. The zero-order valence-electron chi connectivity index (χ0n) is 14.1. The van der Waals surface area contributed by atoms with Crippen molar-refractivity contribution in [1.82, 2.24) is 0 Å². The molecule has 0 unspecified atom stereocenters. The van der Waals surface area contributed by atoms with Crippen LogP contribution < -0.4 is 0 Å². The second-order valence-corrected chi connectivity index (χ2v) is 7.58. The molecule has 0 atom stereocenters. The molecule has 0 spiro atoms. The summed E-state index contributed by atoms with van der Waals surface area (Å²) in [4.78, 5) is 0. The maximum Gasteiger partial charge on any atom is 0.0175 e. The summed E-state index contributed by atoms with van der Waals surface area (Å²) in [7, 11) is 0. The van der Waals surface area contributed by atoms with Crippen LogP contribution >= 0.6 is 31.9 Å². The van der Waals surface area contributed by atoms with Crippen molar-refractivity contribution in [1.29, 1.82) is 0 Å². The molecule has 26 heavy (non-hydrogen) atoms. The largest absolute Gasteiger partial charge is 0.0622 e. The molecule has 0 aliphatic rings. The number of rotatable bonds is 2. The molecular weight excluding hydrogens is 448 g/mol. The molecule has 2 heteroatoms. The van der Waals surface area contributed by atoms with E-state index in [0.29, 0.717) is 0 Å². The summed E-state index contributed by atoms with van der Waals surface area (Å²) in [6, 6.07) is 37.4. The highest BCUT2D eigenvalue weighted by Gasteiger charge is 1.95. The van der Waals surface area contributed by atoms with Crippen LogP contribution in [0, 0.1) is 0 Å². The van der Waals surface area contributed by atoms with E-state index in [0.717, 1.165) is 8.95 Å². The molecule has 0 radical (unpaired) electrons. The predicted molar refractivity (Wildman–Crippen MR) is 119 cm³/mol. The summed E-state index contributed by atoms with van der Waals surface area (Å²) in [5.41, 5.74) is 5.03. The van der Waals surface area contributed by atoms with Gasteiger partial charge in [-0.05, 0) is 46.5 Å². The van der Waals surface area contributed by atoms with Crippen molar-refractivity contribution < 1.29 is 0 Å². The van der Waals surface area contributed by atoms with Crippen molar-refractivity contribution in [3.63, 3.8) is 0 Å². The maximum absolute atomic E-state index is 3.42. The van der Waals surface area contributed by atoms with E-state index in [2.05, 4.69) is 129 Å². The SMILES string of the molecule is Brc1ccc(-c2ccccc2)cc1.Brc1ccc(-c2ccccc2)cc1. The second-order valence-electron chi connectivity index (χ2n) is 5.75. The van der Waals surface area contributed by atoms with Crippen molar-refractivity contribution in [3.8, 4) is 22.3 Å². The average molecular weight is 466 g/mol. The Hall–Kier alpha value is -2.16. The van der Waals surface area contributed by atoms with E-state index in [1.165, 1.54) is 22.3 Å². The van der Waals surface area contributed by atoms with Gasteiger partial charge in [-0.3, -0.25) is 0 Å². The lowest BCUT2D eigenvalue weighted by Crippen LogP contribution is -1.75. The van der Waals surface area contributed by atoms with Gasteiger partial charge in [0.15, 0.2) is 0 Å². The van der Waals surface area contributed by atoms with E-state index < -0.39 is 0 Å². The molecule has 128 valence electrons. The fourth-order valence-electron chi connectivity index (χ4n) is 2.55. The first-order valence-corrected chi connectivity index (χ1v) is 9.93. The van der Waals surface area contributed by atoms with E-state index in [1.54, 1.807) is 0 Å². The quantitative estimate of drug-likeness (QED) is 0.279. The van der Waals surface area contributed by atoms with Crippen molar-refractivity contribution in [3.05, 3.63) is 118 Å². The number of halogens is 2. The lowest BCUT2D eigenvalue weighted by Gasteiger charge is -2.00. The number of benzene rings is 4. The Labute approximate surface area is 171 Å². The summed E-state index contributed by atoms with van der Waals surface area (Å²) >= 11 is 6.84. The monoisotopic (exact) mass is 464 g/mol. The van der Waals surface area contributed by atoms with Gasteiger partial charge < -0.3 is 0 Å². The molecule has 0 aliphatic carbocycles. The molecule has 4 aromatic carbocycles. The van der Waals surface area contributed by atoms with Gasteiger partial charge in [0.2, 0.25) is 0 Å². The summed E-state index contributed by atoms with van der Waals surface area (Å²) in [5.74, 6) is 0. The fourth-order valence-corrected chi connectivity index (χ4v) is 3.07.